The lowest BCUT2D eigenvalue weighted by atomic mass is 10.1. The topological polar surface area (TPSA) is 58.6 Å². The summed E-state index contributed by atoms with van der Waals surface area (Å²) in [5, 5.41) is 2.91. The van der Waals surface area contributed by atoms with Crippen molar-refractivity contribution < 1.29 is 14.3 Å². The molecule has 3 rings (SSSR count). The predicted octanol–water partition coefficient (Wildman–Crippen LogP) is 4.42. The van der Waals surface area contributed by atoms with Crippen LogP contribution in [0, 0.1) is 6.92 Å². The average molecular weight is 380 g/mol. The molecule has 1 heterocycles. The molecule has 2 amide bonds. The van der Waals surface area contributed by atoms with E-state index in [1.165, 1.54) is 0 Å². The van der Waals surface area contributed by atoms with Crippen molar-refractivity contribution in [1.82, 2.24) is 4.90 Å². The van der Waals surface area contributed by atoms with Crippen LogP contribution in [0.5, 0.6) is 5.75 Å². The van der Waals surface area contributed by atoms with Crippen LogP contribution in [0.3, 0.4) is 0 Å². The van der Waals surface area contributed by atoms with Crippen LogP contribution >= 0.6 is 0 Å². The van der Waals surface area contributed by atoms with Gasteiger partial charge in [0.2, 0.25) is 0 Å². The van der Waals surface area contributed by atoms with Crippen molar-refractivity contribution in [3.8, 4) is 5.75 Å². The first-order valence-electron chi connectivity index (χ1n) is 10.0. The first kappa shape index (κ1) is 19.9. The molecule has 1 aliphatic rings. The lowest BCUT2D eigenvalue weighted by Gasteiger charge is -2.27. The molecular formula is C23H28N2O3. The van der Waals surface area contributed by atoms with Crippen molar-refractivity contribution >= 4 is 17.5 Å². The van der Waals surface area contributed by atoms with Crippen LogP contribution in [0.1, 0.15) is 48.5 Å². The fourth-order valence-corrected chi connectivity index (χ4v) is 3.42. The van der Waals surface area contributed by atoms with Gasteiger partial charge in [-0.3, -0.25) is 9.59 Å². The van der Waals surface area contributed by atoms with Gasteiger partial charge in [0.05, 0.1) is 11.3 Å². The minimum absolute atomic E-state index is 0.0246. The van der Waals surface area contributed by atoms with Gasteiger partial charge in [0, 0.05) is 13.1 Å². The van der Waals surface area contributed by atoms with E-state index < -0.39 is 6.10 Å². The Balaban J connectivity index is 1.74. The fourth-order valence-electron chi connectivity index (χ4n) is 3.42. The second-order valence-electron chi connectivity index (χ2n) is 7.17. The molecule has 0 aromatic heterocycles. The number of amides is 2. The molecule has 0 radical (unpaired) electrons. The monoisotopic (exact) mass is 380 g/mol. The smallest absolute Gasteiger partial charge is 0.265 e. The molecule has 0 spiro atoms. The third-order valence-corrected chi connectivity index (χ3v) is 5.08. The summed E-state index contributed by atoms with van der Waals surface area (Å²) in [7, 11) is 0. The number of ether oxygens (including phenoxy) is 1. The van der Waals surface area contributed by atoms with Crippen LogP contribution in [-0.2, 0) is 4.79 Å². The van der Waals surface area contributed by atoms with Gasteiger partial charge in [0.1, 0.15) is 5.75 Å². The quantitative estimate of drug-likeness (QED) is 0.807. The second-order valence-corrected chi connectivity index (χ2v) is 7.17. The number of carbonyl (C=O) groups excluding carboxylic acids is 2. The van der Waals surface area contributed by atoms with Crippen molar-refractivity contribution in [2.24, 2.45) is 0 Å². The van der Waals surface area contributed by atoms with E-state index in [2.05, 4.69) is 5.32 Å². The van der Waals surface area contributed by atoms with E-state index in [1.807, 2.05) is 55.1 Å². The Labute approximate surface area is 166 Å². The van der Waals surface area contributed by atoms with E-state index >= 15 is 0 Å². The minimum Gasteiger partial charge on any atom is -0.480 e. The Hall–Kier alpha value is -2.82. The summed E-state index contributed by atoms with van der Waals surface area (Å²) in [5.74, 6) is 0.426. The highest BCUT2D eigenvalue weighted by molar-refractivity contribution is 6.04. The van der Waals surface area contributed by atoms with Gasteiger partial charge in [-0.1, -0.05) is 37.3 Å². The maximum absolute atomic E-state index is 12.9. The molecule has 2 aromatic rings. The van der Waals surface area contributed by atoms with Crippen molar-refractivity contribution in [2.45, 2.75) is 45.6 Å². The molecular weight excluding hydrogens is 352 g/mol. The molecule has 1 fully saturated rings. The molecule has 1 aliphatic heterocycles. The lowest BCUT2D eigenvalue weighted by molar-refractivity contribution is -0.122. The molecule has 0 unspecified atom stereocenters. The summed E-state index contributed by atoms with van der Waals surface area (Å²) < 4.78 is 5.94. The number of anilines is 1. The van der Waals surface area contributed by atoms with Gasteiger partial charge < -0.3 is 15.0 Å². The zero-order chi connectivity index (χ0) is 19.9. The highest BCUT2D eigenvalue weighted by Crippen LogP contribution is 2.22. The number of rotatable bonds is 6. The number of likely N-dealkylation sites (tertiary alicyclic amines) is 1. The van der Waals surface area contributed by atoms with Crippen LogP contribution in [-0.4, -0.2) is 35.9 Å². The van der Waals surface area contributed by atoms with E-state index in [9.17, 15) is 9.59 Å². The molecule has 5 heteroatoms. The van der Waals surface area contributed by atoms with E-state index in [-0.39, 0.29) is 11.8 Å². The minimum atomic E-state index is -0.626. The highest BCUT2D eigenvalue weighted by Gasteiger charge is 2.24. The van der Waals surface area contributed by atoms with E-state index in [1.54, 1.807) is 12.1 Å². The van der Waals surface area contributed by atoms with Crippen molar-refractivity contribution in [3.63, 3.8) is 0 Å². The third-order valence-electron chi connectivity index (χ3n) is 5.08. The van der Waals surface area contributed by atoms with E-state index in [0.29, 0.717) is 23.4 Å². The van der Waals surface area contributed by atoms with E-state index in [4.69, 9.17) is 4.74 Å². The lowest BCUT2D eigenvalue weighted by Crippen LogP contribution is -2.37. The first-order chi connectivity index (χ1) is 13.6. The molecule has 1 N–H and O–H groups in total. The standard InChI is InChI=1S/C23H28N2O3/c1-3-20(28-21-14-8-5-11-17(21)2)22(26)24-19-13-7-6-12-18(19)23(27)25-15-9-4-10-16-25/h5-8,11-14,20H,3-4,9-10,15-16H2,1-2H3,(H,24,26)/t20-/m1/s1. The zero-order valence-electron chi connectivity index (χ0n) is 16.6. The van der Waals surface area contributed by atoms with Gasteiger partial charge in [-0.15, -0.1) is 0 Å². The number of para-hydroxylation sites is 2. The molecule has 148 valence electrons. The fraction of sp³-hybridized carbons (Fsp3) is 0.391. The van der Waals surface area contributed by atoms with Gasteiger partial charge in [-0.2, -0.15) is 0 Å². The molecule has 0 saturated carbocycles. The SMILES string of the molecule is CC[C@@H](Oc1ccccc1C)C(=O)Nc1ccccc1C(=O)N1CCCCC1. The summed E-state index contributed by atoms with van der Waals surface area (Å²) in [4.78, 5) is 27.6. The van der Waals surface area contributed by atoms with Gasteiger partial charge in [-0.25, -0.2) is 0 Å². The van der Waals surface area contributed by atoms with Gasteiger partial charge in [-0.05, 0) is 56.4 Å². The molecule has 5 nitrogen and oxygen atoms in total. The summed E-state index contributed by atoms with van der Waals surface area (Å²) in [6.07, 6.45) is 3.13. The van der Waals surface area contributed by atoms with Crippen molar-refractivity contribution in [3.05, 3.63) is 59.7 Å². The van der Waals surface area contributed by atoms with E-state index in [0.717, 1.165) is 37.9 Å². The number of piperidine rings is 1. The summed E-state index contributed by atoms with van der Waals surface area (Å²) in [6, 6.07) is 14.8. The van der Waals surface area contributed by atoms with Crippen LogP contribution < -0.4 is 10.1 Å². The highest BCUT2D eigenvalue weighted by atomic mass is 16.5. The van der Waals surface area contributed by atoms with Crippen LogP contribution in [0.15, 0.2) is 48.5 Å². The summed E-state index contributed by atoms with van der Waals surface area (Å²) in [5.41, 5.74) is 2.05. The number of nitrogens with one attached hydrogen (secondary N) is 1. The number of carbonyl (C=O) groups is 2. The molecule has 2 aromatic carbocycles. The number of hydrogen-bond donors (Lipinski definition) is 1. The van der Waals surface area contributed by atoms with Crippen molar-refractivity contribution in [1.29, 1.82) is 0 Å². The maximum atomic E-state index is 12.9. The van der Waals surface area contributed by atoms with Crippen LogP contribution in [0.25, 0.3) is 0 Å². The number of benzene rings is 2. The summed E-state index contributed by atoms with van der Waals surface area (Å²) >= 11 is 0. The third kappa shape index (κ3) is 4.71. The van der Waals surface area contributed by atoms with Crippen molar-refractivity contribution in [2.75, 3.05) is 18.4 Å². The number of hydrogen-bond acceptors (Lipinski definition) is 3. The second kappa shape index (κ2) is 9.40. The molecule has 28 heavy (non-hydrogen) atoms. The average Bonchev–Trinajstić information content (AvgIpc) is 2.73. The maximum Gasteiger partial charge on any atom is 0.265 e. The Bertz CT molecular complexity index is 828. The van der Waals surface area contributed by atoms with Gasteiger partial charge >= 0.3 is 0 Å². The molecule has 0 bridgehead atoms. The molecule has 1 atom stereocenters. The number of aryl methyl sites for hydroxylation is 1. The van der Waals surface area contributed by atoms with Gasteiger partial charge in [0.25, 0.3) is 11.8 Å². The Morgan fingerprint density at radius 2 is 1.71 bits per heavy atom. The Morgan fingerprint density at radius 3 is 2.43 bits per heavy atom. The molecule has 1 saturated heterocycles. The summed E-state index contributed by atoms with van der Waals surface area (Å²) in [6.45, 7) is 5.41. The number of nitrogens with zero attached hydrogens (tertiary/aromatic N) is 1. The Morgan fingerprint density at radius 1 is 1.04 bits per heavy atom. The normalized spacial score (nSPS) is 15.0. The Kier molecular flexibility index (Phi) is 6.69. The molecule has 0 aliphatic carbocycles. The predicted molar refractivity (Wildman–Crippen MR) is 111 cm³/mol. The van der Waals surface area contributed by atoms with Crippen LogP contribution in [0.2, 0.25) is 0 Å². The van der Waals surface area contributed by atoms with Gasteiger partial charge in [0.15, 0.2) is 6.10 Å². The largest absolute Gasteiger partial charge is 0.480 e. The first-order valence-corrected chi connectivity index (χ1v) is 10.0. The van der Waals surface area contributed by atoms with Crippen LogP contribution in [0.4, 0.5) is 5.69 Å². The zero-order valence-corrected chi connectivity index (χ0v) is 16.6.